The molecule has 0 bridgehead atoms. The molecule has 3 rings (SSSR count). The van der Waals surface area contributed by atoms with E-state index in [1.807, 2.05) is 13.7 Å². The quantitative estimate of drug-likeness (QED) is 0.488. The molecule has 2 aromatic carbocycles. The Labute approximate surface area is 185 Å². The molecule has 0 saturated carbocycles. The third-order valence-electron chi connectivity index (χ3n) is 4.58. The average Bonchev–Trinajstić information content (AvgIpc) is 2.94. The number of hydrogen-bond donors (Lipinski definition) is 0. The lowest BCUT2D eigenvalue weighted by Gasteiger charge is -2.08. The lowest BCUT2D eigenvalue weighted by atomic mass is 9.98. The van der Waals surface area contributed by atoms with Crippen molar-refractivity contribution in [2.75, 3.05) is 0 Å². The van der Waals surface area contributed by atoms with Crippen molar-refractivity contribution < 1.29 is 4.79 Å². The summed E-state index contributed by atoms with van der Waals surface area (Å²) < 4.78 is 0. The van der Waals surface area contributed by atoms with Crippen LogP contribution < -0.4 is 0 Å². The van der Waals surface area contributed by atoms with Crippen LogP contribution in [0.5, 0.6) is 0 Å². The predicted molar refractivity (Wildman–Crippen MR) is 136 cm³/mol. The van der Waals surface area contributed by atoms with Gasteiger partial charge in [0.1, 0.15) is 6.79 Å². The van der Waals surface area contributed by atoms with Gasteiger partial charge in [0, 0.05) is 0 Å². The molecular formula is C29H42O. The van der Waals surface area contributed by atoms with Gasteiger partial charge in [-0.3, -0.25) is 0 Å². The molecule has 164 valence electrons. The number of hydrogen-bond acceptors (Lipinski definition) is 1. The molecule has 1 aliphatic rings. The van der Waals surface area contributed by atoms with Crippen LogP contribution in [0.15, 0.2) is 60.2 Å². The maximum atomic E-state index is 8.00. The molecule has 0 fully saturated rings. The fourth-order valence-electron chi connectivity index (χ4n) is 3.07. The lowest BCUT2D eigenvalue weighted by Crippen LogP contribution is -1.92. The van der Waals surface area contributed by atoms with Crippen LogP contribution >= 0.6 is 0 Å². The minimum Gasteiger partial charge on any atom is -0.307 e. The Balaban J connectivity index is 0.000000461. The Morgan fingerprint density at radius 2 is 1.43 bits per heavy atom. The third kappa shape index (κ3) is 11.6. The summed E-state index contributed by atoms with van der Waals surface area (Å²) >= 11 is 0. The normalized spacial score (nSPS) is 12.4. The second-order valence-electron chi connectivity index (χ2n) is 8.51. The van der Waals surface area contributed by atoms with Crippen LogP contribution in [0.4, 0.5) is 0 Å². The first-order chi connectivity index (χ1) is 14.3. The number of allylic oxidation sites excluding steroid dienone is 2. The molecule has 30 heavy (non-hydrogen) atoms. The minimum atomic E-state index is 0.696. The summed E-state index contributed by atoms with van der Waals surface area (Å²) in [6.07, 6.45) is 10.4. The van der Waals surface area contributed by atoms with E-state index in [-0.39, 0.29) is 0 Å². The highest BCUT2D eigenvalue weighted by Crippen LogP contribution is 2.26. The van der Waals surface area contributed by atoms with Gasteiger partial charge >= 0.3 is 0 Å². The van der Waals surface area contributed by atoms with Crippen LogP contribution in [0.2, 0.25) is 0 Å². The van der Waals surface area contributed by atoms with Crippen molar-refractivity contribution >= 4 is 18.9 Å². The molecule has 0 aliphatic heterocycles. The number of benzene rings is 2. The summed E-state index contributed by atoms with van der Waals surface area (Å²) in [5, 5.41) is 0. The topological polar surface area (TPSA) is 17.1 Å². The second-order valence-corrected chi connectivity index (χ2v) is 8.51. The highest BCUT2D eigenvalue weighted by molar-refractivity contribution is 5.58. The zero-order valence-corrected chi connectivity index (χ0v) is 20.2. The number of carbonyl (C=O) groups is 1. The van der Waals surface area contributed by atoms with Gasteiger partial charge in [0.2, 0.25) is 0 Å². The van der Waals surface area contributed by atoms with E-state index in [4.69, 9.17) is 4.79 Å². The van der Waals surface area contributed by atoms with Crippen LogP contribution in [-0.4, -0.2) is 6.79 Å². The maximum absolute atomic E-state index is 8.00. The lowest BCUT2D eigenvalue weighted by molar-refractivity contribution is -0.0979. The van der Waals surface area contributed by atoms with E-state index < -0.39 is 0 Å². The van der Waals surface area contributed by atoms with Gasteiger partial charge in [-0.15, -0.1) is 0 Å². The average molecular weight is 407 g/mol. The number of fused-ring (bicyclic) bond motifs is 1. The first kappa shape index (κ1) is 27.6. The van der Waals surface area contributed by atoms with Crippen LogP contribution in [-0.2, 0) is 11.2 Å². The van der Waals surface area contributed by atoms with Crippen molar-refractivity contribution in [3.63, 3.8) is 0 Å². The van der Waals surface area contributed by atoms with Gasteiger partial charge in [0.05, 0.1) is 0 Å². The molecule has 0 radical (unpaired) electrons. The van der Waals surface area contributed by atoms with Crippen molar-refractivity contribution in [3.05, 3.63) is 82.4 Å². The van der Waals surface area contributed by atoms with E-state index in [9.17, 15) is 0 Å². The van der Waals surface area contributed by atoms with Gasteiger partial charge in [0.25, 0.3) is 0 Å². The second kappa shape index (κ2) is 16.4. The zero-order valence-electron chi connectivity index (χ0n) is 20.2. The molecule has 2 aromatic rings. The van der Waals surface area contributed by atoms with Crippen LogP contribution in [0.3, 0.4) is 0 Å². The van der Waals surface area contributed by atoms with Crippen molar-refractivity contribution in [3.8, 4) is 0 Å². The van der Waals surface area contributed by atoms with Gasteiger partial charge < -0.3 is 4.79 Å². The van der Waals surface area contributed by atoms with E-state index in [1.54, 1.807) is 5.57 Å². The number of carbonyl (C=O) groups excluding carboxylic acids is 1. The van der Waals surface area contributed by atoms with Crippen molar-refractivity contribution in [1.82, 2.24) is 0 Å². The Kier molecular flexibility index (Phi) is 15.1. The zero-order chi connectivity index (χ0) is 22.9. The van der Waals surface area contributed by atoms with Crippen molar-refractivity contribution in [2.24, 2.45) is 11.8 Å². The van der Waals surface area contributed by atoms with Crippen molar-refractivity contribution in [2.45, 2.75) is 67.7 Å². The summed E-state index contributed by atoms with van der Waals surface area (Å²) in [5.74, 6) is 1.53. The molecule has 1 heteroatoms. The minimum absolute atomic E-state index is 0.696. The van der Waals surface area contributed by atoms with Crippen LogP contribution in [0, 0.1) is 18.8 Å². The first-order valence-corrected chi connectivity index (χ1v) is 11.1. The van der Waals surface area contributed by atoms with Gasteiger partial charge in [-0.25, -0.2) is 0 Å². The van der Waals surface area contributed by atoms with E-state index >= 15 is 0 Å². The molecule has 1 nitrogen and oxygen atoms in total. The molecule has 0 spiro atoms. The Morgan fingerprint density at radius 3 is 2.00 bits per heavy atom. The monoisotopic (exact) mass is 406 g/mol. The van der Waals surface area contributed by atoms with Gasteiger partial charge in [-0.1, -0.05) is 107 Å². The first-order valence-electron chi connectivity index (χ1n) is 11.1. The fraction of sp³-hybridized carbons (Fsp3) is 0.414. The Hall–Kier alpha value is -2.41. The van der Waals surface area contributed by atoms with Crippen molar-refractivity contribution in [1.29, 1.82) is 0 Å². The van der Waals surface area contributed by atoms with E-state index in [0.717, 1.165) is 5.92 Å². The highest BCUT2D eigenvalue weighted by atomic mass is 16.1. The number of rotatable bonds is 2. The highest BCUT2D eigenvalue weighted by Gasteiger charge is 2.09. The maximum Gasteiger partial charge on any atom is 0.106 e. The summed E-state index contributed by atoms with van der Waals surface area (Å²) in [6.45, 7) is 17.2. The molecule has 0 N–H and O–H groups in total. The van der Waals surface area contributed by atoms with Crippen LogP contribution in [0.25, 0.3) is 12.2 Å². The van der Waals surface area contributed by atoms with E-state index in [2.05, 4.69) is 108 Å². The number of aryl methyl sites for hydroxylation is 2. The summed E-state index contributed by atoms with van der Waals surface area (Å²) in [4.78, 5) is 8.00. The Bertz CT molecular complexity index is 763. The van der Waals surface area contributed by atoms with Gasteiger partial charge in [0.15, 0.2) is 0 Å². The van der Waals surface area contributed by atoms with E-state index in [1.165, 1.54) is 41.5 Å². The smallest absolute Gasteiger partial charge is 0.106 e. The molecule has 0 aromatic heterocycles. The fourth-order valence-corrected chi connectivity index (χ4v) is 3.07. The molecule has 0 unspecified atom stereocenters. The van der Waals surface area contributed by atoms with Crippen LogP contribution in [0.1, 0.15) is 76.6 Å². The van der Waals surface area contributed by atoms with Gasteiger partial charge in [-0.05, 0) is 67.2 Å². The SMILES string of the molecule is C/C=C\c1ccccc1C.C=O.CC(C)C.CC(C)C1=Cc2ccccc2CCC1. The summed E-state index contributed by atoms with van der Waals surface area (Å²) in [6, 6.07) is 17.1. The predicted octanol–water partition coefficient (Wildman–Crippen LogP) is 8.57. The molecule has 1 aliphatic carbocycles. The molecule has 0 heterocycles. The molecule has 0 saturated heterocycles. The summed E-state index contributed by atoms with van der Waals surface area (Å²) in [5.41, 5.74) is 7.21. The molecular weight excluding hydrogens is 364 g/mol. The van der Waals surface area contributed by atoms with E-state index in [0.29, 0.717) is 5.92 Å². The summed E-state index contributed by atoms with van der Waals surface area (Å²) in [7, 11) is 0. The molecule has 0 atom stereocenters. The standard InChI is InChI=1S/C14H18.C10H12.C4H10.CH2O/c1-11(2)13-9-5-8-12-6-3-4-7-14(12)10-13;1-3-6-10-8-5-4-7-9(10)2;1-4(2)3;1-2/h3-4,6-7,10-11H,5,8-9H2,1-2H3;3-8H,1-2H3;4H,1-3H3;1H2/b;6-3-;;. The molecule has 0 amide bonds. The third-order valence-corrected chi connectivity index (χ3v) is 4.58. The largest absolute Gasteiger partial charge is 0.307 e. The van der Waals surface area contributed by atoms with Gasteiger partial charge in [-0.2, -0.15) is 0 Å². The Morgan fingerprint density at radius 1 is 0.867 bits per heavy atom.